The van der Waals surface area contributed by atoms with Gasteiger partial charge in [-0.3, -0.25) is 19.3 Å². The molecule has 2 aromatic heterocycles. The molecule has 0 bridgehead atoms. The van der Waals surface area contributed by atoms with E-state index in [1.165, 1.54) is 0 Å². The largest absolute Gasteiger partial charge is 0.481 e. The number of fused-ring (bicyclic) bond motifs is 1. The van der Waals surface area contributed by atoms with Gasteiger partial charge in [-0.05, 0) is 53.8 Å². The second kappa shape index (κ2) is 12.0. The highest BCUT2D eigenvalue weighted by molar-refractivity contribution is 6.36. The molecule has 2 aromatic carbocycles. The molecule has 0 aliphatic heterocycles. The Labute approximate surface area is 219 Å². The number of carbonyl (C=O) groups excluding carboxylic acids is 1. The predicted octanol–water partition coefficient (Wildman–Crippen LogP) is 6.62. The van der Waals surface area contributed by atoms with E-state index in [1.54, 1.807) is 25.3 Å². The molecule has 0 aliphatic rings. The number of aliphatic carboxylic acids is 1. The van der Waals surface area contributed by atoms with E-state index in [2.05, 4.69) is 24.9 Å². The lowest BCUT2D eigenvalue weighted by atomic mass is 9.98. The Morgan fingerprint density at radius 2 is 1.81 bits per heavy atom. The summed E-state index contributed by atoms with van der Waals surface area (Å²) >= 11 is 12.4. The van der Waals surface area contributed by atoms with Gasteiger partial charge < -0.3 is 10.8 Å². The number of benzene rings is 2. The molecule has 1 atom stereocenters. The highest BCUT2D eigenvalue weighted by atomic mass is 35.5. The minimum Gasteiger partial charge on any atom is -0.481 e. The first-order valence-electron chi connectivity index (χ1n) is 11.5. The van der Waals surface area contributed by atoms with Gasteiger partial charge in [0.1, 0.15) is 5.69 Å². The van der Waals surface area contributed by atoms with Crippen LogP contribution in [-0.4, -0.2) is 31.7 Å². The lowest BCUT2D eigenvalue weighted by Crippen LogP contribution is -2.16. The molecule has 4 rings (SSSR count). The van der Waals surface area contributed by atoms with Crippen LogP contribution in [0.4, 0.5) is 0 Å². The Hall–Kier alpha value is -3.42. The van der Waals surface area contributed by atoms with E-state index in [-0.39, 0.29) is 18.2 Å². The smallest absolute Gasteiger partial charge is 0.303 e. The Morgan fingerprint density at radius 1 is 1.08 bits per heavy atom. The normalized spacial score (nSPS) is 11.7. The van der Waals surface area contributed by atoms with E-state index in [1.807, 2.05) is 41.2 Å². The van der Waals surface area contributed by atoms with E-state index in [4.69, 9.17) is 39.1 Å². The molecule has 7 nitrogen and oxygen atoms in total. The fourth-order valence-electron chi connectivity index (χ4n) is 3.69. The molecule has 0 radical (unpaired) electrons. The van der Waals surface area contributed by atoms with Crippen molar-refractivity contribution in [3.05, 3.63) is 82.2 Å². The van der Waals surface area contributed by atoms with Crippen LogP contribution >= 0.6 is 23.2 Å². The minimum atomic E-state index is -0.745. The molecule has 0 spiro atoms. The topological polar surface area (TPSA) is 111 Å². The van der Waals surface area contributed by atoms with Crippen LogP contribution in [0.3, 0.4) is 0 Å². The van der Waals surface area contributed by atoms with Gasteiger partial charge in [0.05, 0.1) is 11.6 Å². The van der Waals surface area contributed by atoms with Gasteiger partial charge in [-0.15, -0.1) is 0 Å². The van der Waals surface area contributed by atoms with E-state index in [9.17, 15) is 9.59 Å². The summed E-state index contributed by atoms with van der Waals surface area (Å²) in [6.45, 7) is 5.94. The Balaban J connectivity index is 0.000000658. The average Bonchev–Trinajstić information content (AvgIpc) is 3.26. The maximum atomic E-state index is 11.4. The van der Waals surface area contributed by atoms with Crippen LogP contribution in [0, 0.1) is 5.92 Å². The number of pyridine rings is 1. The first-order valence-corrected chi connectivity index (χ1v) is 12.3. The van der Waals surface area contributed by atoms with Crippen LogP contribution in [0.2, 0.25) is 10.0 Å². The van der Waals surface area contributed by atoms with Gasteiger partial charge in [-0.1, -0.05) is 62.2 Å². The lowest BCUT2D eigenvalue weighted by molar-refractivity contribution is -0.136. The van der Waals surface area contributed by atoms with Crippen molar-refractivity contribution < 1.29 is 14.7 Å². The van der Waals surface area contributed by atoms with Crippen molar-refractivity contribution in [2.45, 2.75) is 39.7 Å². The van der Waals surface area contributed by atoms with Gasteiger partial charge in [0.2, 0.25) is 0 Å². The fourth-order valence-corrected chi connectivity index (χ4v) is 4.20. The molecule has 3 N–H and O–H groups in total. The van der Waals surface area contributed by atoms with Gasteiger partial charge >= 0.3 is 5.97 Å². The number of carboxylic acid groups (broad SMARTS) is 1. The molecule has 0 aliphatic carbocycles. The monoisotopic (exact) mass is 526 g/mol. The number of hydrogen-bond acceptors (Lipinski definition) is 4. The molecule has 36 heavy (non-hydrogen) atoms. The zero-order chi connectivity index (χ0) is 26.4. The number of aromatic nitrogens is 3. The van der Waals surface area contributed by atoms with Crippen LogP contribution in [0.5, 0.6) is 0 Å². The molecule has 0 fully saturated rings. The second-order valence-electron chi connectivity index (χ2n) is 8.74. The molecule has 0 saturated carbocycles. The number of carbonyl (C=O) groups is 2. The second-order valence-corrected chi connectivity index (χ2v) is 9.58. The zero-order valence-corrected chi connectivity index (χ0v) is 21.8. The summed E-state index contributed by atoms with van der Waals surface area (Å²) in [5, 5.41) is 14.8. The van der Waals surface area contributed by atoms with Crippen molar-refractivity contribution in [3.63, 3.8) is 0 Å². The van der Waals surface area contributed by atoms with Gasteiger partial charge in [0, 0.05) is 39.8 Å². The molecular formula is C27H28Cl2N4O3. The number of hydrogen-bond donors (Lipinski definition) is 2. The van der Waals surface area contributed by atoms with Crippen molar-refractivity contribution in [3.8, 4) is 11.1 Å². The molecule has 1 amide bonds. The van der Waals surface area contributed by atoms with Gasteiger partial charge in [0.25, 0.3) is 5.91 Å². The van der Waals surface area contributed by atoms with Gasteiger partial charge in [-0.25, -0.2) is 0 Å². The number of rotatable bonds is 7. The molecule has 1 unspecified atom stereocenters. The van der Waals surface area contributed by atoms with Crippen LogP contribution in [0.15, 0.2) is 60.9 Å². The summed E-state index contributed by atoms with van der Waals surface area (Å²) in [6, 6.07) is 15.1. The quantitative estimate of drug-likeness (QED) is 0.281. The van der Waals surface area contributed by atoms with Crippen LogP contribution in [0.25, 0.3) is 22.0 Å². The third-order valence-electron chi connectivity index (χ3n) is 5.50. The molecule has 9 heteroatoms. The number of nitrogens with zero attached hydrogens (tertiary/aromatic N) is 3. The minimum absolute atomic E-state index is 0.00982. The number of amides is 1. The Morgan fingerprint density at radius 3 is 2.36 bits per heavy atom. The summed E-state index contributed by atoms with van der Waals surface area (Å²) in [5.74, 6) is -0.841. The fraction of sp³-hybridized carbons (Fsp3) is 0.259. The molecule has 2 heterocycles. The number of primary amides is 1. The van der Waals surface area contributed by atoms with Gasteiger partial charge in [0.15, 0.2) is 0 Å². The molecular weight excluding hydrogens is 499 g/mol. The van der Waals surface area contributed by atoms with Gasteiger partial charge in [-0.2, -0.15) is 5.10 Å². The first kappa shape index (κ1) is 27.2. The standard InChI is InChI=1S/C24H22Cl2N4O.C3H6O2/c1-14(2)9-23(16-4-8-22(24(27)31)28-12-16)30-13-17-10-15(3-7-21(17)29-30)19-6-5-18(25)11-20(19)26;1-2-3(4)5/h3-8,10-14,23H,9H2,1-2H3,(H2,27,31);2H2,1H3,(H,4,5). The molecule has 0 saturated heterocycles. The van der Waals surface area contributed by atoms with Crippen LogP contribution in [0.1, 0.15) is 55.7 Å². The predicted molar refractivity (Wildman–Crippen MR) is 143 cm³/mol. The Bertz CT molecular complexity index is 1370. The number of nitrogens with two attached hydrogens (primary N) is 1. The van der Waals surface area contributed by atoms with E-state index < -0.39 is 11.9 Å². The van der Waals surface area contributed by atoms with Crippen molar-refractivity contribution in [1.29, 1.82) is 0 Å². The van der Waals surface area contributed by atoms with Crippen LogP contribution < -0.4 is 5.73 Å². The van der Waals surface area contributed by atoms with Crippen LogP contribution in [-0.2, 0) is 4.79 Å². The van der Waals surface area contributed by atoms with E-state index in [0.29, 0.717) is 16.0 Å². The Kier molecular flexibility index (Phi) is 9.07. The highest BCUT2D eigenvalue weighted by Crippen LogP contribution is 2.33. The average molecular weight is 527 g/mol. The molecule has 4 aromatic rings. The number of carboxylic acids is 1. The molecule has 188 valence electrons. The SMILES string of the molecule is CC(C)CC(c1ccc(C(N)=O)nc1)n1cc2cc(-c3ccc(Cl)cc3Cl)ccc2n1.CCC(=O)O. The maximum Gasteiger partial charge on any atom is 0.303 e. The van der Waals surface area contributed by atoms with Crippen molar-refractivity contribution in [2.75, 3.05) is 0 Å². The van der Waals surface area contributed by atoms with Crippen molar-refractivity contribution in [2.24, 2.45) is 11.7 Å². The summed E-state index contributed by atoms with van der Waals surface area (Å²) in [6.07, 6.45) is 4.84. The van der Waals surface area contributed by atoms with E-state index in [0.717, 1.165) is 34.0 Å². The first-order chi connectivity index (χ1) is 17.1. The van der Waals surface area contributed by atoms with E-state index >= 15 is 0 Å². The lowest BCUT2D eigenvalue weighted by Gasteiger charge is -2.20. The summed E-state index contributed by atoms with van der Waals surface area (Å²) in [5.41, 5.74) is 9.38. The third-order valence-corrected chi connectivity index (χ3v) is 6.05. The zero-order valence-electron chi connectivity index (χ0n) is 20.3. The van der Waals surface area contributed by atoms with Crippen molar-refractivity contribution >= 4 is 46.0 Å². The van der Waals surface area contributed by atoms with Crippen molar-refractivity contribution in [1.82, 2.24) is 14.8 Å². The summed E-state index contributed by atoms with van der Waals surface area (Å²) in [4.78, 5) is 24.9. The third kappa shape index (κ3) is 6.83. The number of halogens is 2. The summed E-state index contributed by atoms with van der Waals surface area (Å²) < 4.78 is 1.97. The maximum absolute atomic E-state index is 11.4. The highest BCUT2D eigenvalue weighted by Gasteiger charge is 2.19. The summed E-state index contributed by atoms with van der Waals surface area (Å²) in [7, 11) is 0.